The first-order chi connectivity index (χ1) is 7.43. The Morgan fingerprint density at radius 1 is 1.31 bits per heavy atom. The second kappa shape index (κ2) is 4.03. The number of rotatable bonds is 1. The molecule has 0 heterocycles. The quantitative estimate of drug-likeness (QED) is 0.670. The van der Waals surface area contributed by atoms with Crippen LogP contribution in [0.15, 0.2) is 23.8 Å². The van der Waals surface area contributed by atoms with Gasteiger partial charge in [0.05, 0.1) is 6.10 Å². The fourth-order valence-corrected chi connectivity index (χ4v) is 3.26. The monoisotopic (exact) mass is 220 g/mol. The molecule has 0 amide bonds. The lowest BCUT2D eigenvalue weighted by molar-refractivity contribution is 0.112. The molecule has 0 spiro atoms. The number of aliphatic hydroxyl groups excluding tert-OH is 1. The van der Waals surface area contributed by atoms with Gasteiger partial charge in [-0.2, -0.15) is 0 Å². The van der Waals surface area contributed by atoms with Gasteiger partial charge in [-0.25, -0.2) is 0 Å². The number of allylic oxidation sites excluding steroid dienone is 3. The van der Waals surface area contributed by atoms with Crippen molar-refractivity contribution in [3.63, 3.8) is 0 Å². The lowest BCUT2D eigenvalue weighted by Gasteiger charge is -2.38. The molecule has 0 bridgehead atoms. The Balaban J connectivity index is 2.14. The molecular weight excluding hydrogens is 196 g/mol. The first-order valence-electron chi connectivity index (χ1n) is 6.46. The Bertz CT molecular complexity index is 324. The zero-order valence-corrected chi connectivity index (χ0v) is 10.9. The van der Waals surface area contributed by atoms with Crippen LogP contribution in [-0.2, 0) is 0 Å². The van der Waals surface area contributed by atoms with Gasteiger partial charge in [0.2, 0.25) is 0 Å². The van der Waals surface area contributed by atoms with Crippen LogP contribution in [0.4, 0.5) is 0 Å². The summed E-state index contributed by atoms with van der Waals surface area (Å²) in [4.78, 5) is 0. The molecule has 4 atom stereocenters. The zero-order valence-electron chi connectivity index (χ0n) is 10.9. The fraction of sp³-hybridized carbons (Fsp3) is 0.733. The SMILES string of the molecule is CC1=CCC([C@H]2C=C[C@H](O)[C@@H](C)C2)C1(C)C. The minimum absolute atomic E-state index is 0.227. The van der Waals surface area contributed by atoms with Gasteiger partial charge in [0.1, 0.15) is 0 Å². The summed E-state index contributed by atoms with van der Waals surface area (Å²) in [6.07, 6.45) is 8.76. The van der Waals surface area contributed by atoms with Crippen molar-refractivity contribution in [2.75, 3.05) is 0 Å². The fourth-order valence-electron chi connectivity index (χ4n) is 3.26. The molecule has 90 valence electrons. The maximum atomic E-state index is 9.72. The van der Waals surface area contributed by atoms with Gasteiger partial charge in [0, 0.05) is 0 Å². The molecule has 1 N–H and O–H groups in total. The summed E-state index contributed by atoms with van der Waals surface area (Å²) >= 11 is 0. The molecule has 16 heavy (non-hydrogen) atoms. The molecule has 0 radical (unpaired) electrons. The highest BCUT2D eigenvalue weighted by atomic mass is 16.3. The Morgan fingerprint density at radius 3 is 2.50 bits per heavy atom. The van der Waals surface area contributed by atoms with Crippen molar-refractivity contribution in [2.45, 2.75) is 46.6 Å². The van der Waals surface area contributed by atoms with E-state index < -0.39 is 0 Å². The van der Waals surface area contributed by atoms with Gasteiger partial charge in [0.15, 0.2) is 0 Å². The Labute approximate surface area is 99.3 Å². The summed E-state index contributed by atoms with van der Waals surface area (Å²) in [5.41, 5.74) is 1.86. The van der Waals surface area contributed by atoms with Crippen LogP contribution < -0.4 is 0 Å². The molecular formula is C15H24O. The molecule has 0 aromatic heterocycles. The second-order valence-electron chi connectivity index (χ2n) is 6.20. The van der Waals surface area contributed by atoms with Crippen LogP contribution in [0.3, 0.4) is 0 Å². The van der Waals surface area contributed by atoms with Gasteiger partial charge in [-0.1, -0.05) is 44.6 Å². The Hall–Kier alpha value is -0.560. The average Bonchev–Trinajstić information content (AvgIpc) is 2.47. The van der Waals surface area contributed by atoms with E-state index in [0.29, 0.717) is 17.3 Å². The average molecular weight is 220 g/mol. The third kappa shape index (κ3) is 1.86. The smallest absolute Gasteiger partial charge is 0.0746 e. The topological polar surface area (TPSA) is 20.2 Å². The van der Waals surface area contributed by atoms with E-state index in [1.165, 1.54) is 12.0 Å². The molecule has 2 rings (SSSR count). The molecule has 0 aliphatic heterocycles. The molecule has 2 aliphatic carbocycles. The number of hydrogen-bond donors (Lipinski definition) is 1. The molecule has 0 saturated carbocycles. The van der Waals surface area contributed by atoms with Crippen molar-refractivity contribution in [2.24, 2.45) is 23.2 Å². The van der Waals surface area contributed by atoms with E-state index >= 15 is 0 Å². The Kier molecular flexibility index (Phi) is 3.00. The minimum atomic E-state index is -0.227. The van der Waals surface area contributed by atoms with Crippen LogP contribution in [0.1, 0.15) is 40.5 Å². The summed E-state index contributed by atoms with van der Waals surface area (Å²) in [5, 5.41) is 9.72. The van der Waals surface area contributed by atoms with E-state index in [2.05, 4.69) is 39.8 Å². The van der Waals surface area contributed by atoms with E-state index in [0.717, 1.165) is 12.3 Å². The van der Waals surface area contributed by atoms with E-state index in [-0.39, 0.29) is 6.10 Å². The van der Waals surface area contributed by atoms with Crippen molar-refractivity contribution >= 4 is 0 Å². The maximum Gasteiger partial charge on any atom is 0.0746 e. The second-order valence-corrected chi connectivity index (χ2v) is 6.20. The minimum Gasteiger partial charge on any atom is -0.389 e. The highest BCUT2D eigenvalue weighted by Gasteiger charge is 2.40. The third-order valence-corrected chi connectivity index (χ3v) is 4.92. The van der Waals surface area contributed by atoms with Gasteiger partial charge in [0.25, 0.3) is 0 Å². The summed E-state index contributed by atoms with van der Waals surface area (Å²) in [6, 6.07) is 0. The van der Waals surface area contributed by atoms with E-state index in [4.69, 9.17) is 0 Å². The maximum absolute atomic E-state index is 9.72. The summed E-state index contributed by atoms with van der Waals surface area (Å²) in [5.74, 6) is 1.77. The van der Waals surface area contributed by atoms with Crippen LogP contribution >= 0.6 is 0 Å². The van der Waals surface area contributed by atoms with E-state index in [9.17, 15) is 5.11 Å². The van der Waals surface area contributed by atoms with E-state index in [1.807, 2.05) is 6.08 Å². The molecule has 0 aromatic carbocycles. The molecule has 0 aromatic rings. The summed E-state index contributed by atoms with van der Waals surface area (Å²) in [6.45, 7) is 9.13. The van der Waals surface area contributed by atoms with Crippen LogP contribution in [0.5, 0.6) is 0 Å². The van der Waals surface area contributed by atoms with Crippen LogP contribution in [0, 0.1) is 23.2 Å². The molecule has 1 nitrogen and oxygen atoms in total. The molecule has 0 saturated heterocycles. The third-order valence-electron chi connectivity index (χ3n) is 4.92. The molecule has 2 aliphatic rings. The lowest BCUT2D eigenvalue weighted by atomic mass is 9.67. The van der Waals surface area contributed by atoms with Gasteiger partial charge in [-0.3, -0.25) is 0 Å². The van der Waals surface area contributed by atoms with Crippen molar-refractivity contribution in [3.8, 4) is 0 Å². The first kappa shape index (κ1) is 11.9. The predicted octanol–water partition coefficient (Wildman–Crippen LogP) is 3.55. The number of aliphatic hydroxyl groups is 1. The van der Waals surface area contributed by atoms with Crippen molar-refractivity contribution in [1.82, 2.24) is 0 Å². The Morgan fingerprint density at radius 2 is 2.00 bits per heavy atom. The van der Waals surface area contributed by atoms with Crippen molar-refractivity contribution in [1.29, 1.82) is 0 Å². The van der Waals surface area contributed by atoms with Gasteiger partial charge < -0.3 is 5.11 Å². The molecule has 1 unspecified atom stereocenters. The van der Waals surface area contributed by atoms with Crippen molar-refractivity contribution in [3.05, 3.63) is 23.8 Å². The van der Waals surface area contributed by atoms with E-state index in [1.54, 1.807) is 0 Å². The van der Waals surface area contributed by atoms with Crippen LogP contribution in [-0.4, -0.2) is 11.2 Å². The highest BCUT2D eigenvalue weighted by Crippen LogP contribution is 2.49. The highest BCUT2D eigenvalue weighted by molar-refractivity contribution is 5.21. The largest absolute Gasteiger partial charge is 0.389 e. The standard InChI is InChI=1S/C15H24O/c1-10-9-12(6-8-14(10)16)13-7-5-11(2)15(13,3)4/h5-6,8,10,12-14,16H,7,9H2,1-4H3/t10-,12-,13?,14-/m0/s1. The first-order valence-corrected chi connectivity index (χ1v) is 6.46. The van der Waals surface area contributed by atoms with Gasteiger partial charge in [-0.15, -0.1) is 0 Å². The summed E-state index contributed by atoms with van der Waals surface area (Å²) < 4.78 is 0. The van der Waals surface area contributed by atoms with Crippen molar-refractivity contribution < 1.29 is 5.11 Å². The molecule has 0 fully saturated rings. The van der Waals surface area contributed by atoms with Gasteiger partial charge >= 0.3 is 0 Å². The predicted molar refractivity (Wildman–Crippen MR) is 68.1 cm³/mol. The summed E-state index contributed by atoms with van der Waals surface area (Å²) in [7, 11) is 0. The number of hydrogen-bond acceptors (Lipinski definition) is 1. The normalized spacial score (nSPS) is 42.2. The van der Waals surface area contributed by atoms with Crippen LogP contribution in [0.25, 0.3) is 0 Å². The van der Waals surface area contributed by atoms with Crippen LogP contribution in [0.2, 0.25) is 0 Å². The molecule has 1 heteroatoms. The lowest BCUT2D eigenvalue weighted by Crippen LogP contribution is -2.32. The van der Waals surface area contributed by atoms with Gasteiger partial charge in [-0.05, 0) is 42.9 Å². The zero-order chi connectivity index (χ0) is 11.9.